The van der Waals surface area contributed by atoms with Gasteiger partial charge >= 0.3 is 5.97 Å². The summed E-state index contributed by atoms with van der Waals surface area (Å²) in [6, 6.07) is 17.5. The predicted octanol–water partition coefficient (Wildman–Crippen LogP) is 7.14. The summed E-state index contributed by atoms with van der Waals surface area (Å²) in [4.78, 5) is 12.9. The molecule has 1 aliphatic rings. The van der Waals surface area contributed by atoms with Crippen LogP contribution >= 0.6 is 0 Å². The van der Waals surface area contributed by atoms with Crippen molar-refractivity contribution in [2.45, 2.75) is 52.7 Å². The molecule has 0 fully saturated rings. The number of carbonyl (C=O) groups is 1. The first kappa shape index (κ1) is 26.0. The van der Waals surface area contributed by atoms with E-state index < -0.39 is 5.60 Å². The van der Waals surface area contributed by atoms with Crippen LogP contribution < -0.4 is 15.4 Å². The quantitative estimate of drug-likeness (QED) is 0.239. The lowest BCUT2D eigenvalue weighted by Gasteiger charge is -2.27. The number of para-hydroxylation sites is 1. The van der Waals surface area contributed by atoms with Crippen LogP contribution in [0.5, 0.6) is 5.75 Å². The zero-order chi connectivity index (χ0) is 26.7. The lowest BCUT2D eigenvalue weighted by atomic mass is 9.95. The summed E-state index contributed by atoms with van der Waals surface area (Å²) < 4.78 is 12.1. The van der Waals surface area contributed by atoms with E-state index in [4.69, 9.17) is 14.9 Å². The van der Waals surface area contributed by atoms with Gasteiger partial charge in [0.1, 0.15) is 17.1 Å². The smallest absolute Gasteiger partial charge is 0.340 e. The molecule has 1 atom stereocenters. The molecule has 6 heteroatoms. The first-order chi connectivity index (χ1) is 17.6. The number of aryl methyl sites for hydroxylation is 1. The third kappa shape index (κ3) is 5.85. The van der Waals surface area contributed by atoms with Gasteiger partial charge in [-0.05, 0) is 83.0 Å². The lowest BCUT2D eigenvalue weighted by molar-refractivity contribution is 0.00706. The zero-order valence-electron chi connectivity index (χ0n) is 22.4. The molecule has 0 amide bonds. The van der Waals surface area contributed by atoms with Crippen molar-refractivity contribution in [3.63, 3.8) is 0 Å². The number of ether oxygens (including phenoxy) is 2. The Morgan fingerprint density at radius 1 is 1.11 bits per heavy atom. The van der Waals surface area contributed by atoms with Crippen molar-refractivity contribution < 1.29 is 14.3 Å². The van der Waals surface area contributed by atoms with Crippen molar-refractivity contribution in [2.75, 3.05) is 17.7 Å². The molecule has 1 heterocycles. The van der Waals surface area contributed by atoms with Gasteiger partial charge in [0.05, 0.1) is 11.6 Å². The summed E-state index contributed by atoms with van der Waals surface area (Å²) in [6.45, 7) is 9.74. The van der Waals surface area contributed by atoms with E-state index in [0.717, 1.165) is 51.4 Å². The maximum Gasteiger partial charge on any atom is 0.340 e. The second-order valence-corrected chi connectivity index (χ2v) is 10.3. The lowest BCUT2D eigenvalue weighted by Crippen LogP contribution is -2.24. The number of fused-ring (bicyclic) bond motifs is 1. The Labute approximate surface area is 219 Å². The molecule has 0 saturated carbocycles. The minimum atomic E-state index is -0.578. The SMILES string of the molecule is CNc1ccc(C2=CCc3cc(C)cc(C(C)Nc4ccccc4C(=O)OC(C)(C)C)c3O2)cc1C=N. The van der Waals surface area contributed by atoms with E-state index in [2.05, 4.69) is 42.7 Å². The fourth-order valence-electron chi connectivity index (χ4n) is 4.50. The molecule has 0 aromatic heterocycles. The molecular formula is C31H35N3O3. The normalized spacial score (nSPS) is 13.5. The van der Waals surface area contributed by atoms with Crippen LogP contribution in [0.1, 0.15) is 71.9 Å². The molecule has 0 saturated heterocycles. The number of anilines is 2. The summed E-state index contributed by atoms with van der Waals surface area (Å²) in [7, 11) is 1.85. The predicted molar refractivity (Wildman–Crippen MR) is 151 cm³/mol. The van der Waals surface area contributed by atoms with Crippen molar-refractivity contribution >= 4 is 29.3 Å². The largest absolute Gasteiger partial charge is 0.456 e. The van der Waals surface area contributed by atoms with E-state index in [0.29, 0.717) is 11.3 Å². The molecule has 3 N–H and O–H groups in total. The number of hydrogen-bond acceptors (Lipinski definition) is 6. The average Bonchev–Trinajstić information content (AvgIpc) is 2.86. The van der Waals surface area contributed by atoms with Crippen LogP contribution in [0, 0.1) is 12.3 Å². The maximum absolute atomic E-state index is 12.9. The number of hydrogen-bond donors (Lipinski definition) is 3. The number of allylic oxidation sites excluding steroid dienone is 1. The summed E-state index contributed by atoms with van der Waals surface area (Å²) in [6.07, 6.45) is 4.17. The van der Waals surface area contributed by atoms with E-state index in [1.165, 1.54) is 6.21 Å². The zero-order valence-corrected chi connectivity index (χ0v) is 22.4. The number of benzene rings is 3. The molecule has 0 aliphatic carbocycles. The van der Waals surface area contributed by atoms with Crippen LogP contribution in [0.3, 0.4) is 0 Å². The van der Waals surface area contributed by atoms with Gasteiger partial charge in [0.2, 0.25) is 0 Å². The Bertz CT molecular complexity index is 1370. The Kier molecular flexibility index (Phi) is 7.39. The first-order valence-electron chi connectivity index (χ1n) is 12.5. The monoisotopic (exact) mass is 497 g/mol. The molecule has 1 unspecified atom stereocenters. The summed E-state index contributed by atoms with van der Waals surface area (Å²) in [5.41, 5.74) is 6.52. The van der Waals surface area contributed by atoms with Crippen molar-refractivity contribution in [2.24, 2.45) is 0 Å². The highest BCUT2D eigenvalue weighted by Gasteiger charge is 2.24. The van der Waals surface area contributed by atoms with Crippen molar-refractivity contribution in [1.29, 1.82) is 5.41 Å². The van der Waals surface area contributed by atoms with Crippen LogP contribution in [0.2, 0.25) is 0 Å². The van der Waals surface area contributed by atoms with Gasteiger partial charge in [0.15, 0.2) is 0 Å². The second-order valence-electron chi connectivity index (χ2n) is 10.3. The first-order valence-corrected chi connectivity index (χ1v) is 12.5. The average molecular weight is 498 g/mol. The molecule has 1 aliphatic heterocycles. The van der Waals surface area contributed by atoms with Crippen LogP contribution in [0.4, 0.5) is 11.4 Å². The molecule has 192 valence electrons. The van der Waals surface area contributed by atoms with Gasteiger partial charge in [-0.3, -0.25) is 0 Å². The summed E-state index contributed by atoms with van der Waals surface area (Å²) in [5, 5.41) is 14.4. The second kappa shape index (κ2) is 10.5. The van der Waals surface area contributed by atoms with Gasteiger partial charge < -0.3 is 25.5 Å². The third-order valence-corrected chi connectivity index (χ3v) is 6.20. The molecule has 3 aromatic rings. The molecule has 4 rings (SSSR count). The molecule has 0 radical (unpaired) electrons. The third-order valence-electron chi connectivity index (χ3n) is 6.20. The minimum absolute atomic E-state index is 0.139. The Balaban J connectivity index is 1.64. The van der Waals surface area contributed by atoms with Gasteiger partial charge in [-0.25, -0.2) is 4.79 Å². The molecule has 0 spiro atoms. The number of nitrogens with one attached hydrogen (secondary N) is 3. The number of carbonyl (C=O) groups excluding carboxylic acids is 1. The standard InChI is InChI=1S/C31H35N3O3/c1-19-15-22-12-14-28(21-11-13-26(33-6)23(17-21)18-32)36-29(22)25(16-19)20(2)34-27-10-8-7-9-24(27)30(35)37-31(3,4)5/h7-11,13-18,20,32-34H,12H2,1-6H3. The molecule has 37 heavy (non-hydrogen) atoms. The van der Waals surface area contributed by atoms with Gasteiger partial charge in [0, 0.05) is 41.3 Å². The summed E-state index contributed by atoms with van der Waals surface area (Å²) in [5.74, 6) is 1.24. The molecule has 3 aromatic carbocycles. The van der Waals surface area contributed by atoms with Crippen LogP contribution in [-0.2, 0) is 11.2 Å². The van der Waals surface area contributed by atoms with Gasteiger partial charge in [-0.2, -0.15) is 0 Å². The van der Waals surface area contributed by atoms with Crippen LogP contribution in [0.15, 0.2) is 60.7 Å². The van der Waals surface area contributed by atoms with Crippen molar-refractivity contribution in [3.05, 3.63) is 94.1 Å². The fraction of sp³-hybridized carbons (Fsp3) is 0.290. The molecule has 6 nitrogen and oxygen atoms in total. The van der Waals surface area contributed by atoms with E-state index in [9.17, 15) is 4.79 Å². The minimum Gasteiger partial charge on any atom is -0.456 e. The van der Waals surface area contributed by atoms with E-state index in [1.54, 1.807) is 6.07 Å². The van der Waals surface area contributed by atoms with Gasteiger partial charge in [-0.15, -0.1) is 0 Å². The van der Waals surface area contributed by atoms with E-state index in [-0.39, 0.29) is 12.0 Å². The molecule has 0 bridgehead atoms. The highest BCUT2D eigenvalue weighted by atomic mass is 16.6. The molecular weight excluding hydrogens is 462 g/mol. The number of esters is 1. The van der Waals surface area contributed by atoms with Gasteiger partial charge in [-0.1, -0.05) is 29.8 Å². The highest BCUT2D eigenvalue weighted by Crippen LogP contribution is 2.39. The Morgan fingerprint density at radius 3 is 2.57 bits per heavy atom. The topological polar surface area (TPSA) is 83.4 Å². The van der Waals surface area contributed by atoms with E-state index in [1.807, 2.05) is 64.2 Å². The Hall–Kier alpha value is -4.06. The van der Waals surface area contributed by atoms with E-state index >= 15 is 0 Å². The van der Waals surface area contributed by atoms with Crippen LogP contribution in [-0.4, -0.2) is 24.8 Å². The van der Waals surface area contributed by atoms with Crippen LogP contribution in [0.25, 0.3) is 5.76 Å². The summed E-state index contributed by atoms with van der Waals surface area (Å²) >= 11 is 0. The van der Waals surface area contributed by atoms with Crippen molar-refractivity contribution in [1.82, 2.24) is 0 Å². The van der Waals surface area contributed by atoms with Gasteiger partial charge in [0.25, 0.3) is 0 Å². The Morgan fingerprint density at radius 2 is 1.86 bits per heavy atom. The maximum atomic E-state index is 12.9. The highest BCUT2D eigenvalue weighted by molar-refractivity contribution is 5.96. The number of rotatable bonds is 7. The van der Waals surface area contributed by atoms with Crippen molar-refractivity contribution in [3.8, 4) is 5.75 Å². The fourth-order valence-corrected chi connectivity index (χ4v) is 4.50.